The van der Waals surface area contributed by atoms with Crippen molar-refractivity contribution in [2.45, 2.75) is 0 Å². The molecule has 5 rings (SSSR count). The Morgan fingerprint density at radius 2 is 1.33 bits per heavy atom. The van der Waals surface area contributed by atoms with Crippen molar-refractivity contribution in [2.75, 3.05) is 0 Å². The molecule has 0 aliphatic heterocycles. The third kappa shape index (κ3) is 2.92. The van der Waals surface area contributed by atoms with Crippen LogP contribution in [-0.2, 0) is 0 Å². The van der Waals surface area contributed by atoms with Crippen molar-refractivity contribution < 1.29 is 0 Å². The van der Waals surface area contributed by atoms with Gasteiger partial charge in [-0.05, 0) is 68.6 Å². The summed E-state index contributed by atoms with van der Waals surface area (Å²) >= 11 is 3.70. The molecule has 0 unspecified atom stereocenters. The number of pyridine rings is 1. The number of fused-ring (bicyclic) bond motifs is 3. The van der Waals surface area contributed by atoms with Gasteiger partial charge in [0.15, 0.2) is 0 Å². The van der Waals surface area contributed by atoms with Gasteiger partial charge < -0.3 is 0 Å². The fourth-order valence-electron chi connectivity index (χ4n) is 3.74. The lowest BCUT2D eigenvalue weighted by Gasteiger charge is -2.13. The fourth-order valence-corrected chi connectivity index (χ4v) is 4.23. The molecule has 0 amide bonds. The topological polar surface area (TPSA) is 12.9 Å². The zero-order valence-electron chi connectivity index (χ0n) is 14.6. The molecule has 0 spiro atoms. The van der Waals surface area contributed by atoms with Crippen LogP contribution in [0.5, 0.6) is 0 Å². The Morgan fingerprint density at radius 1 is 0.593 bits per heavy atom. The molecule has 1 aromatic heterocycles. The van der Waals surface area contributed by atoms with E-state index in [0.29, 0.717) is 0 Å². The molecule has 128 valence electrons. The Kier molecular flexibility index (Phi) is 3.99. The number of nitrogens with zero attached hydrogens (tertiary/aromatic N) is 1. The molecule has 0 N–H and O–H groups in total. The van der Waals surface area contributed by atoms with E-state index in [-0.39, 0.29) is 0 Å². The largest absolute Gasteiger partial charge is 0.264 e. The molecular weight excluding hydrogens is 394 g/mol. The zero-order valence-corrected chi connectivity index (χ0v) is 16.1. The second-order valence-corrected chi connectivity index (χ2v) is 7.58. The summed E-state index contributed by atoms with van der Waals surface area (Å²) < 4.78 is 1.07. The Morgan fingerprint density at radius 3 is 2.15 bits per heavy atom. The smallest absolute Gasteiger partial charge is 0.0346 e. The van der Waals surface area contributed by atoms with Crippen LogP contribution in [0.3, 0.4) is 0 Å². The molecule has 0 saturated heterocycles. The normalized spacial score (nSPS) is 11.1. The van der Waals surface area contributed by atoms with E-state index in [1.54, 1.807) is 6.20 Å². The van der Waals surface area contributed by atoms with Gasteiger partial charge in [0.05, 0.1) is 0 Å². The SMILES string of the molecule is Brc1cc(-c2cccnc2)cc(-c2cc3ccccc3c3ccccc23)c1. The maximum Gasteiger partial charge on any atom is 0.0346 e. The minimum absolute atomic E-state index is 1.07. The predicted octanol–water partition coefficient (Wildman–Crippen LogP) is 7.48. The summed E-state index contributed by atoms with van der Waals surface area (Å²) in [5.41, 5.74) is 4.72. The van der Waals surface area contributed by atoms with Gasteiger partial charge in [-0.15, -0.1) is 0 Å². The van der Waals surface area contributed by atoms with Crippen LogP contribution in [0.2, 0.25) is 0 Å². The third-order valence-electron chi connectivity index (χ3n) is 4.97. The van der Waals surface area contributed by atoms with Gasteiger partial charge in [-0.2, -0.15) is 0 Å². The van der Waals surface area contributed by atoms with Crippen LogP contribution in [-0.4, -0.2) is 4.98 Å². The summed E-state index contributed by atoms with van der Waals surface area (Å²) in [4.78, 5) is 4.27. The van der Waals surface area contributed by atoms with Crippen molar-refractivity contribution in [2.24, 2.45) is 0 Å². The first kappa shape index (κ1) is 16.2. The van der Waals surface area contributed by atoms with E-state index < -0.39 is 0 Å². The van der Waals surface area contributed by atoms with Gasteiger partial charge in [0.25, 0.3) is 0 Å². The highest BCUT2D eigenvalue weighted by molar-refractivity contribution is 9.10. The monoisotopic (exact) mass is 409 g/mol. The number of hydrogen-bond acceptors (Lipinski definition) is 1. The lowest BCUT2D eigenvalue weighted by molar-refractivity contribution is 1.33. The second kappa shape index (κ2) is 6.64. The van der Waals surface area contributed by atoms with E-state index in [2.05, 4.69) is 99.8 Å². The summed E-state index contributed by atoms with van der Waals surface area (Å²) in [7, 11) is 0. The zero-order chi connectivity index (χ0) is 18.2. The number of benzene rings is 4. The highest BCUT2D eigenvalue weighted by atomic mass is 79.9. The van der Waals surface area contributed by atoms with Gasteiger partial charge in [-0.3, -0.25) is 4.98 Å². The predicted molar refractivity (Wildman–Crippen MR) is 118 cm³/mol. The summed E-state index contributed by atoms with van der Waals surface area (Å²) in [5.74, 6) is 0. The molecule has 27 heavy (non-hydrogen) atoms. The Hall–Kier alpha value is -2.97. The summed E-state index contributed by atoms with van der Waals surface area (Å²) in [6, 6.07) is 30.2. The first-order valence-corrected chi connectivity index (χ1v) is 9.71. The number of halogens is 1. The minimum atomic E-state index is 1.07. The molecule has 1 heterocycles. The quantitative estimate of drug-likeness (QED) is 0.275. The maximum atomic E-state index is 4.27. The van der Waals surface area contributed by atoms with E-state index in [1.165, 1.54) is 32.7 Å². The Balaban J connectivity index is 1.82. The molecule has 5 aromatic rings. The Bertz CT molecular complexity index is 1280. The maximum absolute atomic E-state index is 4.27. The van der Waals surface area contributed by atoms with Crippen LogP contribution < -0.4 is 0 Å². The van der Waals surface area contributed by atoms with Crippen LogP contribution in [0, 0.1) is 0 Å². The molecule has 0 radical (unpaired) electrons. The molecule has 1 nitrogen and oxygen atoms in total. The van der Waals surface area contributed by atoms with E-state index >= 15 is 0 Å². The van der Waals surface area contributed by atoms with Gasteiger partial charge in [0.2, 0.25) is 0 Å². The lowest BCUT2D eigenvalue weighted by Crippen LogP contribution is -1.87. The molecule has 0 saturated carbocycles. The van der Waals surface area contributed by atoms with Gasteiger partial charge in [0.1, 0.15) is 0 Å². The lowest BCUT2D eigenvalue weighted by atomic mass is 9.92. The molecule has 0 aliphatic rings. The standard InChI is InChI=1S/C25H16BrN/c26-21-13-19(18-7-5-11-27-16-18)12-20(14-21)25-15-17-6-1-2-8-22(17)23-9-3-4-10-24(23)25/h1-16H. The number of aromatic nitrogens is 1. The first-order chi connectivity index (χ1) is 13.3. The molecular formula is C25H16BrN. The molecule has 0 fully saturated rings. The minimum Gasteiger partial charge on any atom is -0.264 e. The highest BCUT2D eigenvalue weighted by Crippen LogP contribution is 2.37. The summed E-state index contributed by atoms with van der Waals surface area (Å²) in [6.45, 7) is 0. The second-order valence-electron chi connectivity index (χ2n) is 6.66. The van der Waals surface area contributed by atoms with Crippen LogP contribution in [0.1, 0.15) is 0 Å². The number of rotatable bonds is 2. The molecule has 0 atom stereocenters. The van der Waals surface area contributed by atoms with Crippen molar-refractivity contribution >= 4 is 37.5 Å². The summed E-state index contributed by atoms with van der Waals surface area (Å²) in [6.07, 6.45) is 3.71. The van der Waals surface area contributed by atoms with E-state index in [9.17, 15) is 0 Å². The van der Waals surface area contributed by atoms with Gasteiger partial charge in [-0.1, -0.05) is 70.5 Å². The van der Waals surface area contributed by atoms with Crippen molar-refractivity contribution in [1.29, 1.82) is 0 Å². The molecule has 2 heteroatoms. The van der Waals surface area contributed by atoms with Crippen molar-refractivity contribution in [3.8, 4) is 22.3 Å². The average Bonchev–Trinajstić information content (AvgIpc) is 2.73. The first-order valence-electron chi connectivity index (χ1n) is 8.91. The van der Waals surface area contributed by atoms with Crippen LogP contribution >= 0.6 is 15.9 Å². The van der Waals surface area contributed by atoms with Crippen molar-refractivity contribution in [3.05, 3.63) is 102 Å². The Labute approximate surface area is 166 Å². The fraction of sp³-hybridized carbons (Fsp3) is 0. The third-order valence-corrected chi connectivity index (χ3v) is 5.43. The van der Waals surface area contributed by atoms with E-state index in [1.807, 2.05) is 12.3 Å². The highest BCUT2D eigenvalue weighted by Gasteiger charge is 2.10. The van der Waals surface area contributed by atoms with Crippen LogP contribution in [0.25, 0.3) is 43.8 Å². The van der Waals surface area contributed by atoms with E-state index in [0.717, 1.165) is 15.6 Å². The van der Waals surface area contributed by atoms with Crippen molar-refractivity contribution in [3.63, 3.8) is 0 Å². The summed E-state index contributed by atoms with van der Waals surface area (Å²) in [5, 5.41) is 5.10. The molecule has 4 aromatic carbocycles. The molecule has 0 bridgehead atoms. The average molecular weight is 410 g/mol. The van der Waals surface area contributed by atoms with Crippen LogP contribution in [0.15, 0.2) is 102 Å². The van der Waals surface area contributed by atoms with Crippen LogP contribution in [0.4, 0.5) is 0 Å². The van der Waals surface area contributed by atoms with Gasteiger partial charge in [-0.25, -0.2) is 0 Å². The van der Waals surface area contributed by atoms with Crippen molar-refractivity contribution in [1.82, 2.24) is 4.98 Å². The number of hydrogen-bond donors (Lipinski definition) is 0. The van der Waals surface area contributed by atoms with Gasteiger partial charge >= 0.3 is 0 Å². The van der Waals surface area contributed by atoms with E-state index in [4.69, 9.17) is 0 Å². The van der Waals surface area contributed by atoms with Gasteiger partial charge in [0, 0.05) is 22.4 Å². The molecule has 0 aliphatic carbocycles.